The Morgan fingerprint density at radius 1 is 0.955 bits per heavy atom. The Morgan fingerprint density at radius 2 is 1.73 bits per heavy atom. The summed E-state index contributed by atoms with van der Waals surface area (Å²) in [6.07, 6.45) is 4.74. The molecule has 1 saturated heterocycles. The van der Waals surface area contributed by atoms with E-state index in [9.17, 15) is 0 Å². The molecule has 116 valence electrons. The van der Waals surface area contributed by atoms with E-state index in [2.05, 4.69) is 43.1 Å². The van der Waals surface area contributed by atoms with Crippen LogP contribution in [0.4, 0.5) is 17.6 Å². The monoisotopic (exact) mass is 298 g/mol. The van der Waals surface area contributed by atoms with Crippen molar-refractivity contribution >= 4 is 17.6 Å². The van der Waals surface area contributed by atoms with Crippen LogP contribution >= 0.6 is 0 Å². The maximum atomic E-state index is 4.60. The Bertz CT molecular complexity index is 580. The summed E-state index contributed by atoms with van der Waals surface area (Å²) in [4.78, 5) is 17.9. The van der Waals surface area contributed by atoms with Gasteiger partial charge in [-0.05, 0) is 24.6 Å². The van der Waals surface area contributed by atoms with E-state index in [1.165, 1.54) is 0 Å². The van der Waals surface area contributed by atoms with Gasteiger partial charge in [0.15, 0.2) is 0 Å². The first kappa shape index (κ1) is 14.6. The maximum Gasteiger partial charge on any atom is 0.224 e. The van der Waals surface area contributed by atoms with Crippen molar-refractivity contribution in [3.8, 4) is 0 Å². The highest BCUT2D eigenvalue weighted by Crippen LogP contribution is 2.17. The van der Waals surface area contributed by atoms with Crippen molar-refractivity contribution in [1.82, 2.24) is 15.0 Å². The Morgan fingerprint density at radius 3 is 2.41 bits per heavy atom. The minimum absolute atomic E-state index is 0.714. The maximum absolute atomic E-state index is 4.60. The number of piperazine rings is 1. The van der Waals surface area contributed by atoms with Crippen LogP contribution in [0.1, 0.15) is 13.3 Å². The summed E-state index contributed by atoms with van der Waals surface area (Å²) < 4.78 is 0. The normalized spacial score (nSPS) is 15.0. The molecule has 0 aromatic carbocycles. The fourth-order valence-electron chi connectivity index (χ4n) is 2.55. The molecule has 1 fully saturated rings. The van der Waals surface area contributed by atoms with Crippen molar-refractivity contribution in [2.24, 2.45) is 0 Å². The fraction of sp³-hybridized carbons (Fsp3) is 0.438. The summed E-state index contributed by atoms with van der Waals surface area (Å²) in [6.45, 7) is 6.84. The second-order valence-electron chi connectivity index (χ2n) is 5.33. The molecule has 0 atom stereocenters. The van der Waals surface area contributed by atoms with Crippen molar-refractivity contribution in [3.05, 3.63) is 36.7 Å². The number of hydrogen-bond acceptors (Lipinski definition) is 6. The Labute approximate surface area is 131 Å². The highest BCUT2D eigenvalue weighted by Gasteiger charge is 2.19. The lowest BCUT2D eigenvalue weighted by molar-refractivity contribution is 0.641. The Balaban J connectivity index is 1.61. The molecule has 0 radical (unpaired) electrons. The predicted molar refractivity (Wildman–Crippen MR) is 89.5 cm³/mol. The molecule has 0 spiro atoms. The molecule has 0 saturated carbocycles. The molecule has 2 aromatic heterocycles. The van der Waals surface area contributed by atoms with Crippen LogP contribution in [0.25, 0.3) is 0 Å². The topological polar surface area (TPSA) is 57.2 Å². The molecule has 22 heavy (non-hydrogen) atoms. The van der Waals surface area contributed by atoms with Crippen molar-refractivity contribution in [1.29, 1.82) is 0 Å². The molecule has 3 heterocycles. The number of hydrogen-bond donors (Lipinski definition) is 1. The van der Waals surface area contributed by atoms with Crippen molar-refractivity contribution in [3.63, 3.8) is 0 Å². The highest BCUT2D eigenvalue weighted by molar-refractivity contribution is 5.46. The molecule has 0 bridgehead atoms. The van der Waals surface area contributed by atoms with Gasteiger partial charge in [-0.2, -0.15) is 4.98 Å². The van der Waals surface area contributed by atoms with Crippen LogP contribution in [0.2, 0.25) is 0 Å². The van der Waals surface area contributed by atoms with E-state index < -0.39 is 0 Å². The molecule has 0 unspecified atom stereocenters. The smallest absolute Gasteiger partial charge is 0.224 e. The average Bonchev–Trinajstić information content (AvgIpc) is 2.61. The molecule has 0 amide bonds. The molecule has 1 aliphatic rings. The molecular weight excluding hydrogens is 276 g/mol. The first-order valence-electron chi connectivity index (χ1n) is 7.84. The minimum Gasteiger partial charge on any atom is -0.354 e. The van der Waals surface area contributed by atoms with Gasteiger partial charge in [0.1, 0.15) is 11.6 Å². The lowest BCUT2D eigenvalue weighted by Crippen LogP contribution is -2.47. The summed E-state index contributed by atoms with van der Waals surface area (Å²) in [5, 5.41) is 3.24. The summed E-state index contributed by atoms with van der Waals surface area (Å²) >= 11 is 0. The summed E-state index contributed by atoms with van der Waals surface area (Å²) in [7, 11) is 0. The largest absolute Gasteiger partial charge is 0.354 e. The third-order valence-electron chi connectivity index (χ3n) is 3.75. The highest BCUT2D eigenvalue weighted by atomic mass is 15.3. The predicted octanol–water partition coefficient (Wildman–Crippen LogP) is 2.02. The van der Waals surface area contributed by atoms with Gasteiger partial charge in [0.25, 0.3) is 0 Å². The quantitative estimate of drug-likeness (QED) is 0.911. The van der Waals surface area contributed by atoms with E-state index in [-0.39, 0.29) is 0 Å². The lowest BCUT2D eigenvalue weighted by Gasteiger charge is -2.36. The zero-order chi connectivity index (χ0) is 15.2. The van der Waals surface area contributed by atoms with Gasteiger partial charge in [-0.15, -0.1) is 0 Å². The van der Waals surface area contributed by atoms with Crippen LogP contribution in [-0.4, -0.2) is 47.7 Å². The van der Waals surface area contributed by atoms with Crippen molar-refractivity contribution in [2.75, 3.05) is 47.8 Å². The standard InChI is InChI=1S/C16H22N6/c1-2-7-18-16-19-9-6-15(20-16)22-12-10-21(11-13-22)14-5-3-4-8-17-14/h3-6,8-9H,2,7,10-13H2,1H3,(H,18,19,20). The Kier molecular flexibility index (Phi) is 4.68. The number of rotatable bonds is 5. The molecular formula is C16H22N6. The van der Waals surface area contributed by atoms with E-state index in [4.69, 9.17) is 0 Å². The van der Waals surface area contributed by atoms with Gasteiger partial charge in [0, 0.05) is 45.1 Å². The Hall–Kier alpha value is -2.37. The van der Waals surface area contributed by atoms with Crippen LogP contribution in [-0.2, 0) is 0 Å². The van der Waals surface area contributed by atoms with Crippen LogP contribution in [0.15, 0.2) is 36.7 Å². The zero-order valence-electron chi connectivity index (χ0n) is 12.9. The average molecular weight is 298 g/mol. The second kappa shape index (κ2) is 7.06. The summed E-state index contributed by atoms with van der Waals surface area (Å²) in [5.74, 6) is 2.76. The molecule has 6 nitrogen and oxygen atoms in total. The van der Waals surface area contributed by atoms with Crippen LogP contribution in [0.3, 0.4) is 0 Å². The van der Waals surface area contributed by atoms with Gasteiger partial charge < -0.3 is 15.1 Å². The minimum atomic E-state index is 0.714. The van der Waals surface area contributed by atoms with Gasteiger partial charge in [-0.1, -0.05) is 13.0 Å². The second-order valence-corrected chi connectivity index (χ2v) is 5.33. The van der Waals surface area contributed by atoms with Crippen molar-refractivity contribution in [2.45, 2.75) is 13.3 Å². The first-order chi connectivity index (χ1) is 10.9. The molecule has 1 aliphatic heterocycles. The third kappa shape index (κ3) is 3.44. The molecule has 6 heteroatoms. The number of aromatic nitrogens is 3. The van der Waals surface area contributed by atoms with E-state index in [1.54, 1.807) is 0 Å². The number of anilines is 3. The zero-order valence-corrected chi connectivity index (χ0v) is 12.9. The number of pyridine rings is 1. The summed E-state index contributed by atoms with van der Waals surface area (Å²) in [6, 6.07) is 8.02. The van der Waals surface area contributed by atoms with Gasteiger partial charge >= 0.3 is 0 Å². The van der Waals surface area contributed by atoms with Crippen molar-refractivity contribution < 1.29 is 0 Å². The van der Waals surface area contributed by atoms with Crippen LogP contribution in [0, 0.1) is 0 Å². The molecule has 2 aromatic rings. The fourth-order valence-corrected chi connectivity index (χ4v) is 2.55. The molecule has 0 aliphatic carbocycles. The van der Waals surface area contributed by atoms with E-state index in [1.807, 2.05) is 30.6 Å². The SMILES string of the molecule is CCCNc1nccc(N2CCN(c3ccccn3)CC2)n1. The molecule has 1 N–H and O–H groups in total. The van der Waals surface area contributed by atoms with E-state index in [0.29, 0.717) is 5.95 Å². The van der Waals surface area contributed by atoms with Gasteiger partial charge in [-0.25, -0.2) is 9.97 Å². The molecule has 3 rings (SSSR count). The van der Waals surface area contributed by atoms with E-state index in [0.717, 1.165) is 50.8 Å². The third-order valence-corrected chi connectivity index (χ3v) is 3.75. The van der Waals surface area contributed by atoms with Crippen LogP contribution < -0.4 is 15.1 Å². The van der Waals surface area contributed by atoms with Gasteiger partial charge in [0.05, 0.1) is 0 Å². The number of nitrogens with zero attached hydrogens (tertiary/aromatic N) is 5. The first-order valence-corrected chi connectivity index (χ1v) is 7.84. The lowest BCUT2D eigenvalue weighted by atomic mass is 10.3. The van der Waals surface area contributed by atoms with Gasteiger partial charge in [0.2, 0.25) is 5.95 Å². The van der Waals surface area contributed by atoms with E-state index >= 15 is 0 Å². The number of nitrogens with one attached hydrogen (secondary N) is 1. The van der Waals surface area contributed by atoms with Crippen LogP contribution in [0.5, 0.6) is 0 Å². The summed E-state index contributed by atoms with van der Waals surface area (Å²) in [5.41, 5.74) is 0. The van der Waals surface area contributed by atoms with Gasteiger partial charge in [-0.3, -0.25) is 0 Å².